The van der Waals surface area contributed by atoms with Crippen molar-refractivity contribution in [2.24, 2.45) is 5.92 Å². The van der Waals surface area contributed by atoms with Crippen molar-refractivity contribution < 1.29 is 22.7 Å². The molecule has 174 valence electrons. The molecule has 7 nitrogen and oxygen atoms in total. The molecule has 0 aromatic heterocycles. The topological polar surface area (TPSA) is 76.2 Å². The van der Waals surface area contributed by atoms with Gasteiger partial charge in [0.05, 0.1) is 20.0 Å². The molecular weight excluding hydrogens is 452 g/mol. The van der Waals surface area contributed by atoms with Gasteiger partial charge in [-0.3, -0.25) is 4.79 Å². The number of piperidine rings is 1. The SMILES string of the molecule is COc1ccc(CN(C)C(=O)C2CCN(S(=O)(=O)Cc3ccc(Cl)cc3)CC2)cc1OC. The van der Waals surface area contributed by atoms with Crippen molar-refractivity contribution in [3.63, 3.8) is 0 Å². The Morgan fingerprint density at radius 1 is 1.03 bits per heavy atom. The minimum atomic E-state index is -3.44. The van der Waals surface area contributed by atoms with Gasteiger partial charge in [-0.05, 0) is 48.2 Å². The largest absolute Gasteiger partial charge is 0.493 e. The third kappa shape index (κ3) is 5.94. The molecule has 0 aliphatic carbocycles. The van der Waals surface area contributed by atoms with E-state index in [1.807, 2.05) is 18.2 Å². The molecule has 1 aliphatic heterocycles. The van der Waals surface area contributed by atoms with Crippen molar-refractivity contribution in [3.05, 3.63) is 58.6 Å². The number of methoxy groups -OCH3 is 2. The number of hydrogen-bond donors (Lipinski definition) is 0. The summed E-state index contributed by atoms with van der Waals surface area (Å²) < 4.78 is 37.6. The van der Waals surface area contributed by atoms with E-state index in [-0.39, 0.29) is 17.6 Å². The molecule has 3 rings (SSSR count). The molecule has 1 aliphatic rings. The average Bonchev–Trinajstić information content (AvgIpc) is 2.80. The minimum Gasteiger partial charge on any atom is -0.493 e. The van der Waals surface area contributed by atoms with E-state index in [4.69, 9.17) is 21.1 Å². The van der Waals surface area contributed by atoms with Gasteiger partial charge < -0.3 is 14.4 Å². The Balaban J connectivity index is 1.56. The number of rotatable bonds is 8. The summed E-state index contributed by atoms with van der Waals surface area (Å²) in [6, 6.07) is 12.4. The summed E-state index contributed by atoms with van der Waals surface area (Å²) in [7, 11) is 1.48. The smallest absolute Gasteiger partial charge is 0.225 e. The molecule has 1 amide bonds. The maximum atomic E-state index is 12.9. The molecule has 0 unspecified atom stereocenters. The minimum absolute atomic E-state index is 0.0227. The van der Waals surface area contributed by atoms with Crippen LogP contribution in [-0.4, -0.2) is 57.9 Å². The fraction of sp³-hybridized carbons (Fsp3) is 0.435. The Hall–Kier alpha value is -2.29. The highest BCUT2D eigenvalue weighted by molar-refractivity contribution is 7.88. The van der Waals surface area contributed by atoms with Gasteiger partial charge in [0.15, 0.2) is 11.5 Å². The van der Waals surface area contributed by atoms with Crippen molar-refractivity contribution in [1.29, 1.82) is 0 Å². The number of ether oxygens (including phenoxy) is 2. The Kier molecular flexibility index (Phi) is 8.03. The molecule has 32 heavy (non-hydrogen) atoms. The van der Waals surface area contributed by atoms with E-state index in [1.54, 1.807) is 50.4 Å². The highest BCUT2D eigenvalue weighted by Crippen LogP contribution is 2.29. The number of benzene rings is 2. The van der Waals surface area contributed by atoms with E-state index in [9.17, 15) is 13.2 Å². The number of nitrogens with zero attached hydrogens (tertiary/aromatic N) is 2. The third-order valence-corrected chi connectivity index (χ3v) is 7.80. The predicted octanol–water partition coefficient (Wildman–Crippen LogP) is 3.56. The van der Waals surface area contributed by atoms with Crippen LogP contribution < -0.4 is 9.47 Å². The molecule has 1 heterocycles. The van der Waals surface area contributed by atoms with E-state index < -0.39 is 10.0 Å². The van der Waals surface area contributed by atoms with Crippen LogP contribution in [0.15, 0.2) is 42.5 Å². The maximum absolute atomic E-state index is 12.9. The lowest BCUT2D eigenvalue weighted by Crippen LogP contribution is -2.43. The molecule has 9 heteroatoms. The van der Waals surface area contributed by atoms with Gasteiger partial charge in [-0.25, -0.2) is 12.7 Å². The van der Waals surface area contributed by atoms with Crippen LogP contribution in [0.1, 0.15) is 24.0 Å². The van der Waals surface area contributed by atoms with Crippen LogP contribution in [0, 0.1) is 5.92 Å². The summed E-state index contributed by atoms with van der Waals surface area (Å²) in [5.74, 6) is 1.02. The molecule has 1 saturated heterocycles. The summed E-state index contributed by atoms with van der Waals surface area (Å²) in [5.41, 5.74) is 1.63. The quantitative estimate of drug-likeness (QED) is 0.577. The van der Waals surface area contributed by atoms with Gasteiger partial charge in [0.2, 0.25) is 15.9 Å². The lowest BCUT2D eigenvalue weighted by atomic mass is 9.96. The summed E-state index contributed by atoms with van der Waals surface area (Å²) >= 11 is 5.87. The molecule has 0 saturated carbocycles. The number of hydrogen-bond acceptors (Lipinski definition) is 5. The monoisotopic (exact) mass is 480 g/mol. The van der Waals surface area contributed by atoms with Crippen LogP contribution in [0.2, 0.25) is 5.02 Å². The average molecular weight is 481 g/mol. The molecule has 0 spiro atoms. The van der Waals surface area contributed by atoms with Gasteiger partial charge >= 0.3 is 0 Å². The van der Waals surface area contributed by atoms with Crippen molar-refractivity contribution in [2.75, 3.05) is 34.4 Å². The Morgan fingerprint density at radius 2 is 1.62 bits per heavy atom. The van der Waals surface area contributed by atoms with Crippen LogP contribution in [0.25, 0.3) is 0 Å². The molecule has 0 radical (unpaired) electrons. The van der Waals surface area contributed by atoms with E-state index in [1.165, 1.54) is 4.31 Å². The van der Waals surface area contributed by atoms with Gasteiger partial charge in [0.25, 0.3) is 0 Å². The summed E-state index contributed by atoms with van der Waals surface area (Å²) in [4.78, 5) is 14.6. The van der Waals surface area contributed by atoms with Gasteiger partial charge in [-0.1, -0.05) is 29.8 Å². The molecule has 0 atom stereocenters. The molecule has 1 fully saturated rings. The second-order valence-corrected chi connectivity index (χ2v) is 10.3. The fourth-order valence-electron chi connectivity index (χ4n) is 3.91. The zero-order valence-corrected chi connectivity index (χ0v) is 20.2. The summed E-state index contributed by atoms with van der Waals surface area (Å²) in [6.07, 6.45) is 1.02. The number of sulfonamides is 1. The first-order valence-electron chi connectivity index (χ1n) is 10.4. The van der Waals surface area contributed by atoms with Gasteiger partial charge in [0.1, 0.15) is 0 Å². The number of amides is 1. The van der Waals surface area contributed by atoms with Gasteiger partial charge in [0, 0.05) is 37.6 Å². The zero-order valence-electron chi connectivity index (χ0n) is 18.6. The lowest BCUT2D eigenvalue weighted by molar-refractivity contribution is -0.135. The number of halogens is 1. The van der Waals surface area contributed by atoms with Crippen LogP contribution >= 0.6 is 11.6 Å². The van der Waals surface area contributed by atoms with Crippen LogP contribution in [0.4, 0.5) is 0 Å². The van der Waals surface area contributed by atoms with Crippen molar-refractivity contribution in [1.82, 2.24) is 9.21 Å². The van der Waals surface area contributed by atoms with Crippen molar-refractivity contribution >= 4 is 27.5 Å². The van der Waals surface area contributed by atoms with Gasteiger partial charge in [-0.15, -0.1) is 0 Å². The number of carbonyl (C=O) groups is 1. The van der Waals surface area contributed by atoms with E-state index >= 15 is 0 Å². The molecule has 2 aromatic rings. The van der Waals surface area contributed by atoms with Gasteiger partial charge in [-0.2, -0.15) is 0 Å². The van der Waals surface area contributed by atoms with E-state index in [2.05, 4.69) is 0 Å². The highest BCUT2D eigenvalue weighted by Gasteiger charge is 2.32. The lowest BCUT2D eigenvalue weighted by Gasteiger charge is -2.32. The third-order valence-electron chi connectivity index (χ3n) is 5.70. The van der Waals surface area contributed by atoms with Crippen molar-refractivity contribution in [3.8, 4) is 11.5 Å². The van der Waals surface area contributed by atoms with E-state index in [0.29, 0.717) is 54.6 Å². The molecule has 0 bridgehead atoms. The fourth-order valence-corrected chi connectivity index (χ4v) is 5.60. The predicted molar refractivity (Wildman–Crippen MR) is 124 cm³/mol. The first-order valence-corrected chi connectivity index (χ1v) is 12.4. The summed E-state index contributed by atoms with van der Waals surface area (Å²) in [6.45, 7) is 1.13. The number of carbonyl (C=O) groups excluding carboxylic acids is 1. The van der Waals surface area contributed by atoms with Crippen LogP contribution in [0.3, 0.4) is 0 Å². The Morgan fingerprint density at radius 3 is 2.22 bits per heavy atom. The first kappa shape index (κ1) is 24.4. The normalized spacial score (nSPS) is 15.4. The van der Waals surface area contributed by atoms with Crippen LogP contribution in [-0.2, 0) is 27.1 Å². The Bertz CT molecular complexity index is 1030. The second kappa shape index (κ2) is 10.6. The molecule has 2 aromatic carbocycles. The summed E-state index contributed by atoms with van der Waals surface area (Å²) in [5, 5.41) is 0.572. The molecular formula is C23H29ClN2O5S. The zero-order chi connectivity index (χ0) is 23.3. The van der Waals surface area contributed by atoms with Crippen molar-refractivity contribution in [2.45, 2.75) is 25.1 Å². The second-order valence-electron chi connectivity index (χ2n) is 7.94. The maximum Gasteiger partial charge on any atom is 0.225 e. The molecule has 0 N–H and O–H groups in total. The standard InChI is InChI=1S/C23H29ClN2O5S/c1-25(15-18-6-9-21(30-2)22(14-18)31-3)23(27)19-10-12-26(13-11-19)32(28,29)16-17-4-7-20(24)8-5-17/h4-9,14,19H,10-13,15-16H2,1-3H3. The van der Waals surface area contributed by atoms with Crippen LogP contribution in [0.5, 0.6) is 11.5 Å². The highest BCUT2D eigenvalue weighted by atomic mass is 35.5. The van der Waals surface area contributed by atoms with E-state index in [0.717, 1.165) is 5.56 Å². The Labute approximate surface area is 194 Å². The first-order chi connectivity index (χ1) is 15.2.